The summed E-state index contributed by atoms with van der Waals surface area (Å²) in [6.45, 7) is 2.24. The third kappa shape index (κ3) is 3.78. The minimum atomic E-state index is -0.380. The fraction of sp³-hybridized carbons (Fsp3) is 0.714. The van der Waals surface area contributed by atoms with Crippen LogP contribution in [0.5, 0.6) is 0 Å². The van der Waals surface area contributed by atoms with Gasteiger partial charge < -0.3 is 10.6 Å². The van der Waals surface area contributed by atoms with E-state index < -0.39 is 0 Å². The molecule has 1 saturated carbocycles. The van der Waals surface area contributed by atoms with Crippen molar-refractivity contribution in [3.63, 3.8) is 0 Å². The van der Waals surface area contributed by atoms with Gasteiger partial charge in [-0.1, -0.05) is 19.8 Å². The first-order chi connectivity index (χ1) is 9.22. The van der Waals surface area contributed by atoms with Crippen LogP contribution >= 0.6 is 0 Å². The lowest BCUT2D eigenvalue weighted by Crippen LogP contribution is -2.27. The molecule has 2 rings (SSSR count). The number of rotatable bonds is 5. The zero-order valence-electron chi connectivity index (χ0n) is 11.7. The average molecular weight is 266 g/mol. The van der Waals surface area contributed by atoms with Crippen molar-refractivity contribution < 1.29 is 4.39 Å². The normalized spacial score (nSPS) is 23.1. The topological polar surface area (TPSA) is 49.8 Å². The number of hydrogen-bond donors (Lipinski definition) is 2. The van der Waals surface area contributed by atoms with Crippen molar-refractivity contribution in [2.24, 2.45) is 5.92 Å². The van der Waals surface area contributed by atoms with Gasteiger partial charge in [0.25, 0.3) is 0 Å². The molecule has 106 valence electrons. The largest absolute Gasteiger partial charge is 0.365 e. The van der Waals surface area contributed by atoms with Gasteiger partial charge in [0.15, 0.2) is 11.6 Å². The van der Waals surface area contributed by atoms with Crippen LogP contribution in [0.25, 0.3) is 0 Å². The number of halogens is 1. The quantitative estimate of drug-likeness (QED) is 0.857. The van der Waals surface area contributed by atoms with Crippen molar-refractivity contribution in [3.8, 4) is 0 Å². The van der Waals surface area contributed by atoms with Gasteiger partial charge in [0.05, 0.1) is 6.20 Å². The van der Waals surface area contributed by atoms with E-state index in [4.69, 9.17) is 0 Å². The molecule has 0 aliphatic heterocycles. The lowest BCUT2D eigenvalue weighted by atomic mass is 9.83. The predicted octanol–water partition coefficient (Wildman–Crippen LogP) is 3.43. The molecule has 2 N–H and O–H groups in total. The molecule has 0 atom stereocenters. The van der Waals surface area contributed by atoms with Gasteiger partial charge in [-0.3, -0.25) is 0 Å². The molecule has 1 aromatic heterocycles. The smallest absolute Gasteiger partial charge is 0.224 e. The van der Waals surface area contributed by atoms with Crippen molar-refractivity contribution in [2.75, 3.05) is 17.7 Å². The summed E-state index contributed by atoms with van der Waals surface area (Å²) in [6, 6.07) is 0.335. The SMILES string of the molecule is CCCC1CCC(Nc2nc(NC)ncc2F)CC1. The molecule has 4 nitrogen and oxygen atoms in total. The van der Waals surface area contributed by atoms with Crippen LogP contribution in [0.1, 0.15) is 45.4 Å². The highest BCUT2D eigenvalue weighted by Crippen LogP contribution is 2.29. The van der Waals surface area contributed by atoms with E-state index in [0.29, 0.717) is 17.8 Å². The zero-order chi connectivity index (χ0) is 13.7. The molecule has 0 bridgehead atoms. The highest BCUT2D eigenvalue weighted by Gasteiger charge is 2.21. The van der Waals surface area contributed by atoms with Gasteiger partial charge in [0.1, 0.15) is 0 Å². The van der Waals surface area contributed by atoms with Gasteiger partial charge in [-0.15, -0.1) is 0 Å². The van der Waals surface area contributed by atoms with Crippen LogP contribution in [0.15, 0.2) is 6.20 Å². The maximum atomic E-state index is 13.6. The van der Waals surface area contributed by atoms with E-state index in [1.54, 1.807) is 7.05 Å². The van der Waals surface area contributed by atoms with E-state index in [1.807, 2.05) is 0 Å². The molecule has 1 aliphatic rings. The molecule has 0 saturated heterocycles. The van der Waals surface area contributed by atoms with E-state index in [-0.39, 0.29) is 5.82 Å². The Morgan fingerprint density at radius 2 is 2.05 bits per heavy atom. The molecular formula is C14H23FN4. The highest BCUT2D eigenvalue weighted by molar-refractivity contribution is 5.41. The summed E-state index contributed by atoms with van der Waals surface area (Å²) in [5, 5.41) is 6.05. The van der Waals surface area contributed by atoms with Gasteiger partial charge in [-0.25, -0.2) is 9.37 Å². The van der Waals surface area contributed by atoms with Crippen molar-refractivity contribution in [1.82, 2.24) is 9.97 Å². The summed E-state index contributed by atoms with van der Waals surface area (Å²) in [6.07, 6.45) is 8.46. The lowest BCUT2D eigenvalue weighted by Gasteiger charge is -2.29. The number of nitrogens with zero attached hydrogens (tertiary/aromatic N) is 2. The van der Waals surface area contributed by atoms with Crippen LogP contribution in [0, 0.1) is 11.7 Å². The predicted molar refractivity (Wildman–Crippen MR) is 75.8 cm³/mol. The Morgan fingerprint density at radius 1 is 1.32 bits per heavy atom. The number of aromatic nitrogens is 2. The Hall–Kier alpha value is -1.39. The molecule has 0 amide bonds. The summed E-state index contributed by atoms with van der Waals surface area (Å²) >= 11 is 0. The minimum Gasteiger partial charge on any atom is -0.365 e. The van der Waals surface area contributed by atoms with E-state index in [1.165, 1.54) is 31.9 Å². The molecule has 0 radical (unpaired) electrons. The van der Waals surface area contributed by atoms with Gasteiger partial charge in [0.2, 0.25) is 5.95 Å². The summed E-state index contributed by atoms with van der Waals surface area (Å²) in [7, 11) is 1.73. The van der Waals surface area contributed by atoms with Crippen LogP contribution < -0.4 is 10.6 Å². The van der Waals surface area contributed by atoms with Gasteiger partial charge in [-0.2, -0.15) is 4.98 Å². The molecule has 0 unspecified atom stereocenters. The zero-order valence-corrected chi connectivity index (χ0v) is 11.7. The van der Waals surface area contributed by atoms with Gasteiger partial charge >= 0.3 is 0 Å². The molecule has 0 aromatic carbocycles. The van der Waals surface area contributed by atoms with Crippen LogP contribution in [-0.4, -0.2) is 23.1 Å². The number of anilines is 2. The lowest BCUT2D eigenvalue weighted by molar-refractivity contribution is 0.318. The van der Waals surface area contributed by atoms with Crippen molar-refractivity contribution in [2.45, 2.75) is 51.5 Å². The monoisotopic (exact) mass is 266 g/mol. The first-order valence-corrected chi connectivity index (χ1v) is 7.19. The summed E-state index contributed by atoms with van der Waals surface area (Å²) in [5.74, 6) is 1.24. The molecule has 1 heterocycles. The summed E-state index contributed by atoms with van der Waals surface area (Å²) < 4.78 is 13.6. The van der Waals surface area contributed by atoms with Crippen LogP contribution in [0.3, 0.4) is 0 Å². The first kappa shape index (κ1) is 14.0. The molecule has 5 heteroatoms. The van der Waals surface area contributed by atoms with Gasteiger partial charge in [0, 0.05) is 13.1 Å². The molecule has 19 heavy (non-hydrogen) atoms. The average Bonchev–Trinajstić information content (AvgIpc) is 2.44. The Labute approximate surface area is 114 Å². The minimum absolute atomic E-state index is 0.318. The fourth-order valence-electron chi connectivity index (χ4n) is 2.79. The Bertz CT molecular complexity index is 402. The van der Waals surface area contributed by atoms with Crippen molar-refractivity contribution in [1.29, 1.82) is 0 Å². The summed E-state index contributed by atoms with van der Waals surface area (Å²) in [5.41, 5.74) is 0. The first-order valence-electron chi connectivity index (χ1n) is 7.19. The van der Waals surface area contributed by atoms with Crippen LogP contribution in [-0.2, 0) is 0 Å². The molecule has 0 spiro atoms. The van der Waals surface area contributed by atoms with E-state index in [0.717, 1.165) is 18.8 Å². The van der Waals surface area contributed by atoms with Crippen LogP contribution in [0.2, 0.25) is 0 Å². The molecule has 1 fully saturated rings. The molecular weight excluding hydrogens is 243 g/mol. The second-order valence-corrected chi connectivity index (χ2v) is 5.29. The molecule has 1 aromatic rings. The maximum Gasteiger partial charge on any atom is 0.224 e. The standard InChI is InChI=1S/C14H23FN4/c1-3-4-10-5-7-11(8-6-10)18-13-12(15)9-17-14(16-2)19-13/h9-11H,3-8H2,1-2H3,(H2,16,17,18,19). The Kier molecular flexibility index (Phi) is 4.93. The maximum absolute atomic E-state index is 13.6. The van der Waals surface area contributed by atoms with Gasteiger partial charge in [-0.05, 0) is 31.6 Å². The third-order valence-corrected chi connectivity index (χ3v) is 3.85. The molecule has 1 aliphatic carbocycles. The second-order valence-electron chi connectivity index (χ2n) is 5.29. The summed E-state index contributed by atoms with van der Waals surface area (Å²) in [4.78, 5) is 7.98. The highest BCUT2D eigenvalue weighted by atomic mass is 19.1. The second kappa shape index (κ2) is 6.68. The fourth-order valence-corrected chi connectivity index (χ4v) is 2.79. The number of nitrogens with one attached hydrogen (secondary N) is 2. The van der Waals surface area contributed by atoms with E-state index >= 15 is 0 Å². The third-order valence-electron chi connectivity index (χ3n) is 3.85. The number of hydrogen-bond acceptors (Lipinski definition) is 4. The van der Waals surface area contributed by atoms with E-state index in [9.17, 15) is 4.39 Å². The Morgan fingerprint density at radius 3 is 2.68 bits per heavy atom. The van der Waals surface area contributed by atoms with E-state index in [2.05, 4.69) is 27.5 Å². The Balaban J connectivity index is 1.91. The van der Waals surface area contributed by atoms with Crippen molar-refractivity contribution >= 4 is 11.8 Å². The van der Waals surface area contributed by atoms with Crippen molar-refractivity contribution in [3.05, 3.63) is 12.0 Å². The van der Waals surface area contributed by atoms with Crippen LogP contribution in [0.4, 0.5) is 16.2 Å².